The first-order valence-corrected chi connectivity index (χ1v) is 17.8. The monoisotopic (exact) mass is 736 g/mol. The van der Waals surface area contributed by atoms with Gasteiger partial charge < -0.3 is 33.9 Å². The van der Waals surface area contributed by atoms with Crippen molar-refractivity contribution in [2.75, 3.05) is 37.7 Å². The highest BCUT2D eigenvalue weighted by Crippen LogP contribution is 2.41. The fourth-order valence-electron chi connectivity index (χ4n) is 7.11. The SMILES string of the molecule is CC(=O)O[C@H]1[C@H](O)[C@@H](COC(c2ccccc2)(c2ccccc2)c2ccccc2)O[C@H](N(C(C)=O)C(=O)N2CCN(c3ccccn3)CC2)[C@H]1OC(C)=O. The molecule has 0 bridgehead atoms. The van der Waals surface area contributed by atoms with E-state index in [2.05, 4.69) is 4.98 Å². The lowest BCUT2D eigenvalue weighted by Gasteiger charge is -2.48. The van der Waals surface area contributed by atoms with Crippen LogP contribution >= 0.6 is 0 Å². The number of piperazine rings is 1. The minimum atomic E-state index is -1.61. The number of ether oxygens (including phenoxy) is 4. The summed E-state index contributed by atoms with van der Waals surface area (Å²) in [6, 6.07) is 33.6. The Balaban J connectivity index is 1.36. The summed E-state index contributed by atoms with van der Waals surface area (Å²) >= 11 is 0. The molecule has 2 fully saturated rings. The second-order valence-electron chi connectivity index (χ2n) is 13.1. The number of aliphatic hydroxyl groups is 1. The van der Waals surface area contributed by atoms with Gasteiger partial charge >= 0.3 is 18.0 Å². The molecule has 2 aliphatic heterocycles. The first kappa shape index (κ1) is 38.1. The molecule has 54 heavy (non-hydrogen) atoms. The Morgan fingerprint density at radius 1 is 0.741 bits per heavy atom. The lowest BCUT2D eigenvalue weighted by molar-refractivity contribution is -0.271. The van der Waals surface area contributed by atoms with Crippen LogP contribution in [-0.2, 0) is 38.9 Å². The number of pyridine rings is 1. The minimum absolute atomic E-state index is 0.250. The summed E-state index contributed by atoms with van der Waals surface area (Å²) in [5.74, 6) is -1.53. The van der Waals surface area contributed by atoms with E-state index in [-0.39, 0.29) is 19.7 Å². The maximum atomic E-state index is 14.3. The molecule has 13 heteroatoms. The van der Waals surface area contributed by atoms with Gasteiger partial charge in [0, 0.05) is 53.1 Å². The molecule has 0 spiro atoms. The van der Waals surface area contributed by atoms with Crippen LogP contribution in [0.2, 0.25) is 0 Å². The molecule has 4 aromatic rings. The molecule has 3 aromatic carbocycles. The summed E-state index contributed by atoms with van der Waals surface area (Å²) in [5, 5.41) is 11.8. The van der Waals surface area contributed by atoms with Gasteiger partial charge in [-0.05, 0) is 28.8 Å². The van der Waals surface area contributed by atoms with Crippen molar-refractivity contribution < 1.29 is 43.2 Å². The van der Waals surface area contributed by atoms with E-state index in [0.29, 0.717) is 13.1 Å². The summed E-state index contributed by atoms with van der Waals surface area (Å²) in [6.07, 6.45) is -5.92. The van der Waals surface area contributed by atoms with E-state index in [4.69, 9.17) is 18.9 Å². The molecule has 6 rings (SSSR count). The molecule has 282 valence electrons. The predicted molar refractivity (Wildman–Crippen MR) is 197 cm³/mol. The van der Waals surface area contributed by atoms with E-state index < -0.39 is 60.1 Å². The number of carbonyl (C=O) groups is 4. The van der Waals surface area contributed by atoms with Gasteiger partial charge in [0.25, 0.3) is 0 Å². The van der Waals surface area contributed by atoms with E-state index in [9.17, 15) is 24.3 Å². The van der Waals surface area contributed by atoms with Crippen molar-refractivity contribution in [2.24, 2.45) is 0 Å². The highest BCUT2D eigenvalue weighted by molar-refractivity contribution is 5.93. The first-order chi connectivity index (χ1) is 26.1. The van der Waals surface area contributed by atoms with Crippen LogP contribution in [0.4, 0.5) is 10.6 Å². The van der Waals surface area contributed by atoms with Crippen molar-refractivity contribution in [3.8, 4) is 0 Å². The van der Waals surface area contributed by atoms with Gasteiger partial charge in [-0.25, -0.2) is 14.7 Å². The van der Waals surface area contributed by atoms with Crippen molar-refractivity contribution >= 4 is 29.7 Å². The number of aliphatic hydroxyl groups excluding tert-OH is 1. The highest BCUT2D eigenvalue weighted by Gasteiger charge is 2.54. The molecule has 2 aliphatic rings. The number of aromatic nitrogens is 1. The van der Waals surface area contributed by atoms with E-state index in [0.717, 1.165) is 41.3 Å². The molecule has 13 nitrogen and oxygen atoms in total. The van der Waals surface area contributed by atoms with Crippen LogP contribution in [0.25, 0.3) is 0 Å². The molecule has 5 atom stereocenters. The van der Waals surface area contributed by atoms with E-state index in [1.165, 1.54) is 11.8 Å². The average molecular weight is 737 g/mol. The largest absolute Gasteiger partial charge is 0.456 e. The lowest BCUT2D eigenvalue weighted by Crippen LogP contribution is -2.68. The number of nitrogens with zero attached hydrogens (tertiary/aromatic N) is 4. The minimum Gasteiger partial charge on any atom is -0.456 e. The second kappa shape index (κ2) is 17.0. The Labute approximate surface area is 314 Å². The number of amides is 3. The van der Waals surface area contributed by atoms with E-state index >= 15 is 0 Å². The first-order valence-electron chi connectivity index (χ1n) is 17.8. The lowest BCUT2D eigenvalue weighted by atomic mass is 9.80. The van der Waals surface area contributed by atoms with Crippen LogP contribution in [0.15, 0.2) is 115 Å². The molecule has 2 saturated heterocycles. The zero-order valence-electron chi connectivity index (χ0n) is 30.4. The molecule has 0 radical (unpaired) electrons. The molecular formula is C41H44N4O9. The third kappa shape index (κ3) is 8.13. The number of hydrogen-bond donors (Lipinski definition) is 1. The van der Waals surface area contributed by atoms with E-state index in [1.54, 1.807) is 6.20 Å². The normalized spacial score (nSPS) is 21.5. The van der Waals surface area contributed by atoms with E-state index in [1.807, 2.05) is 114 Å². The maximum absolute atomic E-state index is 14.3. The number of benzene rings is 3. The topological polar surface area (TPSA) is 148 Å². The van der Waals surface area contributed by atoms with Crippen LogP contribution in [-0.4, -0.2) is 107 Å². The third-order valence-corrected chi connectivity index (χ3v) is 9.57. The van der Waals surface area contributed by atoms with Crippen molar-refractivity contribution in [1.82, 2.24) is 14.8 Å². The van der Waals surface area contributed by atoms with Crippen molar-refractivity contribution in [3.63, 3.8) is 0 Å². The van der Waals surface area contributed by atoms with Gasteiger partial charge in [0.15, 0.2) is 18.4 Å². The van der Waals surface area contributed by atoms with Gasteiger partial charge in [-0.3, -0.25) is 14.4 Å². The molecule has 1 N–H and O–H groups in total. The van der Waals surface area contributed by atoms with Gasteiger partial charge in [0.1, 0.15) is 23.6 Å². The zero-order chi connectivity index (χ0) is 38.2. The van der Waals surface area contributed by atoms with Crippen molar-refractivity contribution in [2.45, 2.75) is 57.0 Å². The maximum Gasteiger partial charge on any atom is 0.329 e. The number of urea groups is 1. The van der Waals surface area contributed by atoms with Gasteiger partial charge in [-0.15, -0.1) is 0 Å². The van der Waals surface area contributed by atoms with Gasteiger partial charge in [0.2, 0.25) is 5.91 Å². The summed E-state index contributed by atoms with van der Waals surface area (Å²) in [7, 11) is 0. The van der Waals surface area contributed by atoms with Crippen molar-refractivity contribution in [1.29, 1.82) is 0 Å². The molecule has 1 aromatic heterocycles. The van der Waals surface area contributed by atoms with Crippen LogP contribution in [0, 0.1) is 0 Å². The summed E-state index contributed by atoms with van der Waals surface area (Å²) in [6.45, 7) is 4.55. The molecule has 0 aliphatic carbocycles. The Morgan fingerprint density at radius 2 is 1.24 bits per heavy atom. The van der Waals surface area contributed by atoms with Crippen LogP contribution in [0.1, 0.15) is 37.5 Å². The molecular weight excluding hydrogens is 692 g/mol. The quantitative estimate of drug-likeness (QED) is 0.185. The summed E-state index contributed by atoms with van der Waals surface area (Å²) in [4.78, 5) is 61.5. The number of imide groups is 1. The Morgan fingerprint density at radius 3 is 1.70 bits per heavy atom. The smallest absolute Gasteiger partial charge is 0.329 e. The van der Waals surface area contributed by atoms with Crippen LogP contribution in [0.3, 0.4) is 0 Å². The fourth-order valence-corrected chi connectivity index (χ4v) is 7.11. The third-order valence-electron chi connectivity index (χ3n) is 9.57. The van der Waals surface area contributed by atoms with Gasteiger partial charge in [0.05, 0.1) is 6.61 Å². The zero-order valence-corrected chi connectivity index (χ0v) is 30.4. The van der Waals surface area contributed by atoms with Gasteiger partial charge in [-0.1, -0.05) is 97.1 Å². The number of rotatable bonds is 10. The fraction of sp³-hybridized carbons (Fsp3) is 0.341. The summed E-state index contributed by atoms with van der Waals surface area (Å²) < 4.78 is 24.6. The number of hydrogen-bond acceptors (Lipinski definition) is 11. The molecule has 0 unspecified atom stereocenters. The van der Waals surface area contributed by atoms with Gasteiger partial charge in [-0.2, -0.15) is 0 Å². The Kier molecular flexibility index (Phi) is 12.0. The number of anilines is 1. The molecule has 0 saturated carbocycles. The van der Waals surface area contributed by atoms with Crippen LogP contribution in [0.5, 0.6) is 0 Å². The number of carbonyl (C=O) groups excluding carboxylic acids is 4. The second-order valence-corrected chi connectivity index (χ2v) is 13.1. The predicted octanol–water partition coefficient (Wildman–Crippen LogP) is 4.13. The Bertz CT molecular complexity index is 1780. The average Bonchev–Trinajstić information content (AvgIpc) is 3.19. The highest BCUT2D eigenvalue weighted by atomic mass is 16.6. The summed E-state index contributed by atoms with van der Waals surface area (Å²) in [5.41, 5.74) is 1.12. The molecule has 3 heterocycles. The molecule has 3 amide bonds. The number of esters is 2. The Hall–Kier alpha value is -5.63. The standard InChI is InChI=1S/C41H44N4O9/c1-28(46)45(40(50)44-25-23-43(24-26-44)35-21-13-14-22-42-35)39-38(53-30(3)48)37(52-29(2)47)36(49)34(54-39)27-51-41(31-15-7-4-8-16-31,32-17-9-5-10-18-32)33-19-11-6-12-20-33/h4-22,34,36-39,49H,23-27H2,1-3H3/t34-,36-,37+,38+,39+/m1/s1. The van der Waals surface area contributed by atoms with Crippen molar-refractivity contribution in [3.05, 3.63) is 132 Å². The van der Waals surface area contributed by atoms with Crippen LogP contribution < -0.4 is 4.90 Å².